The lowest BCUT2D eigenvalue weighted by atomic mass is 10.0. The Morgan fingerprint density at radius 2 is 2.17 bits per heavy atom. The van der Waals surface area contributed by atoms with Crippen molar-refractivity contribution in [1.82, 2.24) is 10.2 Å². The van der Waals surface area contributed by atoms with Gasteiger partial charge in [-0.25, -0.2) is 0 Å². The molecule has 1 heterocycles. The molecule has 0 aromatic heterocycles. The van der Waals surface area contributed by atoms with Gasteiger partial charge in [0.05, 0.1) is 0 Å². The van der Waals surface area contributed by atoms with Crippen LogP contribution in [-0.4, -0.2) is 37.0 Å². The van der Waals surface area contributed by atoms with Crippen LogP contribution in [0, 0.1) is 0 Å². The van der Waals surface area contributed by atoms with Crippen LogP contribution in [0.15, 0.2) is 24.3 Å². The van der Waals surface area contributed by atoms with Gasteiger partial charge < -0.3 is 10.2 Å². The van der Waals surface area contributed by atoms with Crippen LogP contribution in [-0.2, 0) is 6.42 Å². The number of hydrogen-bond donors (Lipinski definition) is 1. The van der Waals surface area contributed by atoms with Gasteiger partial charge in [-0.05, 0) is 31.5 Å². The van der Waals surface area contributed by atoms with E-state index in [0.29, 0.717) is 6.04 Å². The molecule has 4 heteroatoms. The number of nitrogens with one attached hydrogen (secondary N) is 1. The number of amides is 1. The first kappa shape index (κ1) is 15.0. The molecule has 1 aromatic carbocycles. The van der Waals surface area contributed by atoms with Gasteiger partial charge in [0.15, 0.2) is 0 Å². The van der Waals surface area contributed by atoms with Crippen LogP contribution in [0.3, 0.4) is 0 Å². The first-order valence-corrected chi connectivity index (χ1v) is 6.30. The van der Waals surface area contributed by atoms with E-state index in [2.05, 4.69) is 12.2 Å². The monoisotopic (exact) mass is 268 g/mol. The molecule has 100 valence electrons. The van der Waals surface area contributed by atoms with E-state index < -0.39 is 0 Å². The van der Waals surface area contributed by atoms with E-state index in [9.17, 15) is 4.79 Å². The highest BCUT2D eigenvalue weighted by atomic mass is 35.5. The normalized spacial score (nSPS) is 18.6. The summed E-state index contributed by atoms with van der Waals surface area (Å²) in [7, 11) is 1.96. The van der Waals surface area contributed by atoms with Crippen LogP contribution < -0.4 is 5.32 Å². The average molecular weight is 269 g/mol. The van der Waals surface area contributed by atoms with Gasteiger partial charge in [0.1, 0.15) is 0 Å². The van der Waals surface area contributed by atoms with Crippen molar-refractivity contribution in [1.29, 1.82) is 0 Å². The summed E-state index contributed by atoms with van der Waals surface area (Å²) in [4.78, 5) is 14.3. The van der Waals surface area contributed by atoms with Crippen molar-refractivity contribution < 1.29 is 4.79 Å². The van der Waals surface area contributed by atoms with Crippen LogP contribution in [0.25, 0.3) is 0 Å². The number of carbonyl (C=O) groups excluding carboxylic acids is 1. The molecule has 0 aliphatic carbocycles. The van der Waals surface area contributed by atoms with Gasteiger partial charge in [0.25, 0.3) is 5.91 Å². The summed E-state index contributed by atoms with van der Waals surface area (Å²) in [5.41, 5.74) is 2.01. The zero-order chi connectivity index (χ0) is 12.3. The number of halogens is 1. The van der Waals surface area contributed by atoms with Gasteiger partial charge in [-0.2, -0.15) is 0 Å². The summed E-state index contributed by atoms with van der Waals surface area (Å²) in [5, 5.41) is 3.23. The van der Waals surface area contributed by atoms with Gasteiger partial charge in [-0.3, -0.25) is 4.79 Å². The summed E-state index contributed by atoms with van der Waals surface area (Å²) in [6.07, 6.45) is 1.96. The first-order chi connectivity index (χ1) is 8.26. The quantitative estimate of drug-likeness (QED) is 0.911. The van der Waals surface area contributed by atoms with E-state index in [1.165, 1.54) is 0 Å². The van der Waals surface area contributed by atoms with E-state index >= 15 is 0 Å². The third kappa shape index (κ3) is 3.03. The molecule has 0 saturated carbocycles. The van der Waals surface area contributed by atoms with Crippen molar-refractivity contribution in [2.24, 2.45) is 0 Å². The summed E-state index contributed by atoms with van der Waals surface area (Å²) in [6, 6.07) is 8.37. The maximum absolute atomic E-state index is 12.4. The Labute approximate surface area is 115 Å². The minimum atomic E-state index is 0. The van der Waals surface area contributed by atoms with Crippen molar-refractivity contribution in [2.45, 2.75) is 25.8 Å². The third-order valence-electron chi connectivity index (χ3n) is 3.51. The Morgan fingerprint density at radius 3 is 2.78 bits per heavy atom. The molecule has 1 unspecified atom stereocenters. The lowest BCUT2D eigenvalue weighted by Gasteiger charge is -2.18. The van der Waals surface area contributed by atoms with Gasteiger partial charge in [0, 0.05) is 24.7 Å². The third-order valence-corrected chi connectivity index (χ3v) is 3.51. The number of nitrogens with zero attached hydrogens (tertiary/aromatic N) is 1. The first-order valence-electron chi connectivity index (χ1n) is 6.30. The molecule has 0 spiro atoms. The number of likely N-dealkylation sites (tertiary alicyclic amines) is 1. The lowest BCUT2D eigenvalue weighted by Crippen LogP contribution is -2.33. The van der Waals surface area contributed by atoms with E-state index in [4.69, 9.17) is 0 Å². The highest BCUT2D eigenvalue weighted by Crippen LogP contribution is 2.16. The maximum Gasteiger partial charge on any atom is 0.254 e. The van der Waals surface area contributed by atoms with Crippen LogP contribution >= 0.6 is 12.4 Å². The second kappa shape index (κ2) is 6.76. The standard InChI is InChI=1S/C14H20N2O.ClH/c1-3-11-6-4-5-7-13(11)14(17)16-9-8-12(10-16)15-2;/h4-7,12,15H,3,8-10H2,1-2H3;1H. The number of benzene rings is 1. The molecule has 1 aliphatic rings. The molecule has 1 atom stereocenters. The molecule has 0 radical (unpaired) electrons. The van der Waals surface area contributed by atoms with E-state index in [-0.39, 0.29) is 18.3 Å². The minimum absolute atomic E-state index is 0. The second-order valence-corrected chi connectivity index (χ2v) is 4.54. The predicted octanol–water partition coefficient (Wildman–Crippen LogP) is 2.10. The topological polar surface area (TPSA) is 32.3 Å². The highest BCUT2D eigenvalue weighted by Gasteiger charge is 2.26. The molecule has 18 heavy (non-hydrogen) atoms. The molecule has 1 aromatic rings. The van der Waals surface area contributed by atoms with Crippen LogP contribution in [0.1, 0.15) is 29.3 Å². The highest BCUT2D eigenvalue weighted by molar-refractivity contribution is 5.95. The Morgan fingerprint density at radius 1 is 1.44 bits per heavy atom. The smallest absolute Gasteiger partial charge is 0.254 e. The summed E-state index contributed by atoms with van der Waals surface area (Å²) < 4.78 is 0. The predicted molar refractivity (Wildman–Crippen MR) is 76.4 cm³/mol. The minimum Gasteiger partial charge on any atom is -0.337 e. The molecule has 1 amide bonds. The number of likely N-dealkylation sites (N-methyl/N-ethyl adjacent to an activating group) is 1. The van der Waals surface area contributed by atoms with Gasteiger partial charge in [-0.1, -0.05) is 25.1 Å². The second-order valence-electron chi connectivity index (χ2n) is 4.54. The maximum atomic E-state index is 12.4. The van der Waals surface area contributed by atoms with Crippen LogP contribution in [0.2, 0.25) is 0 Å². The Hall–Kier alpha value is -1.06. The Kier molecular flexibility index (Phi) is 5.63. The van der Waals surface area contributed by atoms with Crippen molar-refractivity contribution in [2.75, 3.05) is 20.1 Å². The summed E-state index contributed by atoms with van der Waals surface area (Å²) in [5.74, 6) is 0.181. The molecule has 0 bridgehead atoms. The zero-order valence-corrected chi connectivity index (χ0v) is 11.8. The van der Waals surface area contributed by atoms with Crippen molar-refractivity contribution in [3.63, 3.8) is 0 Å². The number of hydrogen-bond acceptors (Lipinski definition) is 2. The van der Waals surface area contributed by atoms with Gasteiger partial charge in [-0.15, -0.1) is 12.4 Å². The molecular weight excluding hydrogens is 248 g/mol. The van der Waals surface area contributed by atoms with Gasteiger partial charge in [0.2, 0.25) is 0 Å². The summed E-state index contributed by atoms with van der Waals surface area (Å²) >= 11 is 0. The lowest BCUT2D eigenvalue weighted by molar-refractivity contribution is 0.0788. The molecule has 2 rings (SSSR count). The van der Waals surface area contributed by atoms with E-state index in [1.54, 1.807) is 0 Å². The molecular formula is C14H21ClN2O. The number of aryl methyl sites for hydroxylation is 1. The molecule has 1 aliphatic heterocycles. The summed E-state index contributed by atoms with van der Waals surface area (Å²) in [6.45, 7) is 3.78. The van der Waals surface area contributed by atoms with Crippen molar-refractivity contribution in [3.05, 3.63) is 35.4 Å². The Bertz CT molecular complexity index is 409. The van der Waals surface area contributed by atoms with Crippen molar-refractivity contribution in [3.8, 4) is 0 Å². The average Bonchev–Trinajstić information content (AvgIpc) is 2.86. The largest absolute Gasteiger partial charge is 0.337 e. The van der Waals surface area contributed by atoms with Crippen LogP contribution in [0.5, 0.6) is 0 Å². The SMILES string of the molecule is CCc1ccccc1C(=O)N1CCC(NC)C1.Cl. The van der Waals surface area contributed by atoms with Gasteiger partial charge >= 0.3 is 0 Å². The number of rotatable bonds is 3. The van der Waals surface area contributed by atoms with E-state index in [1.807, 2.05) is 36.2 Å². The molecule has 3 nitrogen and oxygen atoms in total. The fourth-order valence-corrected chi connectivity index (χ4v) is 2.39. The van der Waals surface area contributed by atoms with Crippen molar-refractivity contribution >= 4 is 18.3 Å². The fraction of sp³-hybridized carbons (Fsp3) is 0.500. The zero-order valence-electron chi connectivity index (χ0n) is 11.0. The molecule has 1 N–H and O–H groups in total. The Balaban J connectivity index is 0.00000162. The van der Waals surface area contributed by atoms with E-state index in [0.717, 1.165) is 37.1 Å². The van der Waals surface area contributed by atoms with Crippen LogP contribution in [0.4, 0.5) is 0 Å². The number of carbonyl (C=O) groups is 1. The fourth-order valence-electron chi connectivity index (χ4n) is 2.39. The molecule has 1 saturated heterocycles. The molecule has 1 fully saturated rings.